The molecule has 102 valence electrons. The number of anilines is 2. The minimum Gasteiger partial charge on any atom is -0.397 e. The van der Waals surface area contributed by atoms with Gasteiger partial charge in [-0.05, 0) is 58.5 Å². The van der Waals surface area contributed by atoms with E-state index in [2.05, 4.69) is 47.0 Å². The van der Waals surface area contributed by atoms with E-state index < -0.39 is 0 Å². The summed E-state index contributed by atoms with van der Waals surface area (Å²) in [6, 6.07) is 6.57. The molecule has 0 heterocycles. The fraction of sp³-hybridized carbons (Fsp3) is 0.571. The Bertz CT molecular complexity index is 366. The maximum atomic E-state index is 5.92. The number of nitrogens with two attached hydrogens (primary N) is 1. The fourth-order valence-corrected chi connectivity index (χ4v) is 2.04. The lowest BCUT2D eigenvalue weighted by Crippen LogP contribution is -2.27. The molecule has 0 bridgehead atoms. The third-order valence-electron chi connectivity index (χ3n) is 3.15. The number of hydrogen-bond donors (Lipinski definition) is 2. The highest BCUT2D eigenvalue weighted by Gasteiger charge is 2.02. The van der Waals surface area contributed by atoms with Crippen LogP contribution in [-0.2, 0) is 0 Å². The summed E-state index contributed by atoms with van der Waals surface area (Å²) in [5, 5.41) is 3.38. The molecule has 0 saturated heterocycles. The molecule has 0 aliphatic heterocycles. The van der Waals surface area contributed by atoms with Gasteiger partial charge in [0.15, 0.2) is 0 Å². The van der Waals surface area contributed by atoms with Gasteiger partial charge in [-0.25, -0.2) is 0 Å². The van der Waals surface area contributed by atoms with Crippen molar-refractivity contribution in [2.45, 2.75) is 32.7 Å². The summed E-state index contributed by atoms with van der Waals surface area (Å²) in [6.07, 6.45) is 2.37. The van der Waals surface area contributed by atoms with Gasteiger partial charge in [-0.15, -0.1) is 0 Å². The minimum atomic E-state index is 0.625. The third kappa shape index (κ3) is 5.27. The molecule has 0 fully saturated rings. The Morgan fingerprint density at radius 3 is 2.67 bits per heavy atom. The standard InChI is InChI=1S/C14H24BrN3/c1-11(2)18(3)9-5-4-8-17-14-7-6-12(15)10-13(14)16/h6-7,10-11,17H,4-5,8-9,16H2,1-3H3. The second-order valence-electron chi connectivity index (χ2n) is 4.94. The first-order chi connectivity index (χ1) is 8.50. The quantitative estimate of drug-likeness (QED) is 0.597. The Hall–Kier alpha value is -0.740. The maximum absolute atomic E-state index is 5.92. The van der Waals surface area contributed by atoms with Crippen molar-refractivity contribution in [3.8, 4) is 0 Å². The van der Waals surface area contributed by atoms with E-state index in [9.17, 15) is 0 Å². The van der Waals surface area contributed by atoms with Crippen LogP contribution in [0.1, 0.15) is 26.7 Å². The lowest BCUT2D eigenvalue weighted by atomic mass is 10.2. The summed E-state index contributed by atoms with van der Waals surface area (Å²) in [7, 11) is 2.17. The van der Waals surface area contributed by atoms with Crippen LogP contribution in [0.15, 0.2) is 22.7 Å². The van der Waals surface area contributed by atoms with E-state index in [0.717, 1.165) is 35.4 Å². The summed E-state index contributed by atoms with van der Waals surface area (Å²) < 4.78 is 1.02. The van der Waals surface area contributed by atoms with Crippen LogP contribution < -0.4 is 11.1 Å². The first-order valence-corrected chi connectivity index (χ1v) is 7.29. The highest BCUT2D eigenvalue weighted by molar-refractivity contribution is 9.10. The predicted molar refractivity (Wildman–Crippen MR) is 84.0 cm³/mol. The van der Waals surface area contributed by atoms with Gasteiger partial charge in [-0.3, -0.25) is 0 Å². The van der Waals surface area contributed by atoms with Crippen LogP contribution in [0, 0.1) is 0 Å². The SMILES string of the molecule is CC(C)N(C)CCCCNc1ccc(Br)cc1N. The van der Waals surface area contributed by atoms with Crippen LogP contribution in [0.2, 0.25) is 0 Å². The molecule has 4 heteroatoms. The number of hydrogen-bond acceptors (Lipinski definition) is 3. The molecule has 1 rings (SSSR count). The zero-order valence-corrected chi connectivity index (χ0v) is 13.1. The number of halogens is 1. The Morgan fingerprint density at radius 2 is 2.06 bits per heavy atom. The van der Waals surface area contributed by atoms with Crippen LogP contribution >= 0.6 is 15.9 Å². The van der Waals surface area contributed by atoms with Crippen molar-refractivity contribution >= 4 is 27.3 Å². The van der Waals surface area contributed by atoms with Crippen molar-refractivity contribution in [1.82, 2.24) is 4.90 Å². The first-order valence-electron chi connectivity index (χ1n) is 6.50. The predicted octanol–water partition coefficient (Wildman–Crippen LogP) is 3.56. The van der Waals surface area contributed by atoms with Gasteiger partial charge in [-0.1, -0.05) is 15.9 Å². The summed E-state index contributed by atoms with van der Waals surface area (Å²) >= 11 is 3.41. The van der Waals surface area contributed by atoms with Crippen molar-refractivity contribution in [3.63, 3.8) is 0 Å². The number of rotatable bonds is 7. The molecular formula is C14H24BrN3. The number of benzene rings is 1. The monoisotopic (exact) mass is 313 g/mol. The molecule has 3 nitrogen and oxygen atoms in total. The maximum Gasteiger partial charge on any atom is 0.0574 e. The van der Waals surface area contributed by atoms with Crippen LogP contribution in [0.25, 0.3) is 0 Å². The molecule has 0 aromatic heterocycles. The average Bonchev–Trinajstić information content (AvgIpc) is 2.30. The van der Waals surface area contributed by atoms with E-state index in [1.165, 1.54) is 6.42 Å². The number of nitrogens with one attached hydrogen (secondary N) is 1. The Kier molecular flexibility index (Phi) is 6.50. The Balaban J connectivity index is 2.22. The van der Waals surface area contributed by atoms with Gasteiger partial charge in [0.1, 0.15) is 0 Å². The largest absolute Gasteiger partial charge is 0.397 e. The summed E-state index contributed by atoms with van der Waals surface area (Å²) in [6.45, 7) is 6.56. The zero-order valence-electron chi connectivity index (χ0n) is 11.5. The van der Waals surface area contributed by atoms with E-state index in [1.807, 2.05) is 18.2 Å². The van der Waals surface area contributed by atoms with Gasteiger partial charge in [-0.2, -0.15) is 0 Å². The van der Waals surface area contributed by atoms with Crippen LogP contribution in [-0.4, -0.2) is 31.1 Å². The second-order valence-corrected chi connectivity index (χ2v) is 5.86. The van der Waals surface area contributed by atoms with Gasteiger partial charge in [0, 0.05) is 17.1 Å². The lowest BCUT2D eigenvalue weighted by molar-refractivity contribution is 0.269. The van der Waals surface area contributed by atoms with Gasteiger partial charge in [0.25, 0.3) is 0 Å². The smallest absolute Gasteiger partial charge is 0.0574 e. The van der Waals surface area contributed by atoms with Crippen LogP contribution in [0.5, 0.6) is 0 Å². The normalized spacial score (nSPS) is 11.2. The molecule has 1 aromatic carbocycles. The molecule has 0 spiro atoms. The highest BCUT2D eigenvalue weighted by Crippen LogP contribution is 2.22. The molecule has 3 N–H and O–H groups in total. The number of nitrogen functional groups attached to an aromatic ring is 1. The van der Waals surface area contributed by atoms with Crippen molar-refractivity contribution in [1.29, 1.82) is 0 Å². The van der Waals surface area contributed by atoms with E-state index in [-0.39, 0.29) is 0 Å². The topological polar surface area (TPSA) is 41.3 Å². The van der Waals surface area contributed by atoms with E-state index in [1.54, 1.807) is 0 Å². The molecule has 0 atom stereocenters. The van der Waals surface area contributed by atoms with Gasteiger partial charge >= 0.3 is 0 Å². The van der Waals surface area contributed by atoms with Crippen LogP contribution in [0.3, 0.4) is 0 Å². The molecule has 0 aliphatic rings. The average molecular weight is 314 g/mol. The summed E-state index contributed by atoms with van der Waals surface area (Å²) in [5.74, 6) is 0. The summed E-state index contributed by atoms with van der Waals surface area (Å²) in [4.78, 5) is 2.37. The Labute approximate surface area is 119 Å². The molecule has 0 radical (unpaired) electrons. The van der Waals surface area contributed by atoms with Crippen molar-refractivity contribution in [2.24, 2.45) is 0 Å². The lowest BCUT2D eigenvalue weighted by Gasteiger charge is -2.20. The molecule has 18 heavy (non-hydrogen) atoms. The van der Waals surface area contributed by atoms with E-state index in [0.29, 0.717) is 6.04 Å². The summed E-state index contributed by atoms with van der Waals surface area (Å²) in [5.41, 5.74) is 7.74. The molecular weight excluding hydrogens is 290 g/mol. The first kappa shape index (κ1) is 15.3. The zero-order chi connectivity index (χ0) is 13.5. The van der Waals surface area contributed by atoms with Crippen molar-refractivity contribution < 1.29 is 0 Å². The van der Waals surface area contributed by atoms with Gasteiger partial charge in [0.2, 0.25) is 0 Å². The van der Waals surface area contributed by atoms with Gasteiger partial charge < -0.3 is 16.0 Å². The number of unbranched alkanes of at least 4 members (excludes halogenated alkanes) is 1. The highest BCUT2D eigenvalue weighted by atomic mass is 79.9. The van der Waals surface area contributed by atoms with Crippen molar-refractivity contribution in [3.05, 3.63) is 22.7 Å². The molecule has 0 saturated carbocycles. The minimum absolute atomic E-state index is 0.625. The van der Waals surface area contributed by atoms with E-state index >= 15 is 0 Å². The number of nitrogens with zero attached hydrogens (tertiary/aromatic N) is 1. The van der Waals surface area contributed by atoms with Gasteiger partial charge in [0.05, 0.1) is 11.4 Å². The fourth-order valence-electron chi connectivity index (χ4n) is 1.66. The second kappa shape index (κ2) is 7.64. The van der Waals surface area contributed by atoms with E-state index in [4.69, 9.17) is 5.73 Å². The molecule has 0 amide bonds. The van der Waals surface area contributed by atoms with Crippen LogP contribution in [0.4, 0.5) is 11.4 Å². The van der Waals surface area contributed by atoms with Crippen molar-refractivity contribution in [2.75, 3.05) is 31.2 Å². The molecule has 0 aliphatic carbocycles. The Morgan fingerprint density at radius 1 is 1.33 bits per heavy atom. The molecule has 1 aromatic rings. The third-order valence-corrected chi connectivity index (χ3v) is 3.64. The molecule has 0 unspecified atom stereocenters.